The van der Waals surface area contributed by atoms with Crippen LogP contribution in [0.4, 0.5) is 5.82 Å². The second-order valence-corrected chi connectivity index (χ2v) is 4.33. The number of pyridine rings is 1. The van der Waals surface area contributed by atoms with E-state index in [-0.39, 0.29) is 0 Å². The van der Waals surface area contributed by atoms with Gasteiger partial charge in [-0.25, -0.2) is 4.98 Å². The smallest absolute Gasteiger partial charge is 0.126 e. The Morgan fingerprint density at radius 1 is 1.32 bits per heavy atom. The summed E-state index contributed by atoms with van der Waals surface area (Å²) in [4.78, 5) is 4.35. The molecule has 0 aliphatic carbocycles. The molecule has 2 rings (SSSR count). The van der Waals surface area contributed by atoms with E-state index in [0.29, 0.717) is 0 Å². The van der Waals surface area contributed by atoms with Gasteiger partial charge in [-0.3, -0.25) is 0 Å². The van der Waals surface area contributed by atoms with Gasteiger partial charge in [0.2, 0.25) is 0 Å². The number of methoxy groups -OCH3 is 1. The lowest BCUT2D eigenvalue weighted by Gasteiger charge is -2.08. The molecule has 2 aromatic rings. The first kappa shape index (κ1) is 13.1. The van der Waals surface area contributed by atoms with Crippen molar-refractivity contribution in [2.45, 2.75) is 13.5 Å². The van der Waals surface area contributed by atoms with Gasteiger partial charge in [0.05, 0.1) is 7.11 Å². The van der Waals surface area contributed by atoms with Crippen molar-refractivity contribution in [1.82, 2.24) is 4.98 Å². The summed E-state index contributed by atoms with van der Waals surface area (Å²) in [6, 6.07) is 10.0. The fraction of sp³-hybridized carbons (Fsp3) is 0.188. The molecule has 0 unspecified atom stereocenters. The molecule has 0 aliphatic heterocycles. The highest BCUT2D eigenvalue weighted by Crippen LogP contribution is 2.15. The van der Waals surface area contributed by atoms with E-state index in [0.717, 1.165) is 23.7 Å². The summed E-state index contributed by atoms with van der Waals surface area (Å²) in [5.74, 6) is 1.74. The van der Waals surface area contributed by atoms with Crippen molar-refractivity contribution in [1.29, 1.82) is 0 Å². The van der Waals surface area contributed by atoms with Crippen LogP contribution in [-0.4, -0.2) is 12.1 Å². The van der Waals surface area contributed by atoms with E-state index < -0.39 is 0 Å². The van der Waals surface area contributed by atoms with Crippen LogP contribution in [0.3, 0.4) is 0 Å². The Labute approximate surface area is 114 Å². The summed E-state index contributed by atoms with van der Waals surface area (Å²) in [6.07, 6.45) is 3.65. The van der Waals surface area contributed by atoms with Crippen LogP contribution in [0.15, 0.2) is 43.1 Å². The molecule has 0 atom stereocenters. The molecule has 0 radical (unpaired) electrons. The average Bonchev–Trinajstić information content (AvgIpc) is 2.46. The third kappa shape index (κ3) is 3.35. The maximum absolute atomic E-state index is 5.13. The van der Waals surface area contributed by atoms with Gasteiger partial charge in [-0.2, -0.15) is 0 Å². The Morgan fingerprint density at radius 2 is 2.05 bits per heavy atom. The second-order valence-electron chi connectivity index (χ2n) is 4.33. The standard InChI is InChI=1S/C16H18N2O/c1-4-14-11-18-16(9-12(14)2)17-10-13-5-7-15(19-3)8-6-13/h4-9,11H,1,10H2,2-3H3,(H,17,18). The SMILES string of the molecule is C=Cc1cnc(NCc2ccc(OC)cc2)cc1C. The minimum absolute atomic E-state index is 0.740. The van der Waals surface area contributed by atoms with Crippen molar-refractivity contribution in [2.24, 2.45) is 0 Å². The predicted octanol–water partition coefficient (Wildman–Crippen LogP) is 3.65. The van der Waals surface area contributed by atoms with Crippen LogP contribution in [0.25, 0.3) is 6.08 Å². The zero-order chi connectivity index (χ0) is 13.7. The van der Waals surface area contributed by atoms with Crippen molar-refractivity contribution in [3.05, 3.63) is 59.8 Å². The highest BCUT2D eigenvalue weighted by atomic mass is 16.5. The highest BCUT2D eigenvalue weighted by molar-refractivity contribution is 5.54. The number of ether oxygens (including phenoxy) is 1. The third-order valence-corrected chi connectivity index (χ3v) is 3.00. The molecule has 1 N–H and O–H groups in total. The van der Waals surface area contributed by atoms with Crippen molar-refractivity contribution in [3.63, 3.8) is 0 Å². The molecule has 3 heteroatoms. The van der Waals surface area contributed by atoms with Gasteiger partial charge in [0.25, 0.3) is 0 Å². The van der Waals surface area contributed by atoms with Gasteiger partial charge in [0.1, 0.15) is 11.6 Å². The van der Waals surface area contributed by atoms with Crippen molar-refractivity contribution >= 4 is 11.9 Å². The molecular formula is C16H18N2O. The number of nitrogens with zero attached hydrogens (tertiary/aromatic N) is 1. The maximum Gasteiger partial charge on any atom is 0.126 e. The lowest BCUT2D eigenvalue weighted by molar-refractivity contribution is 0.414. The molecule has 98 valence electrons. The number of hydrogen-bond acceptors (Lipinski definition) is 3. The van der Waals surface area contributed by atoms with E-state index in [2.05, 4.69) is 23.8 Å². The van der Waals surface area contributed by atoms with Gasteiger partial charge >= 0.3 is 0 Å². The quantitative estimate of drug-likeness (QED) is 0.884. The van der Waals surface area contributed by atoms with Gasteiger partial charge in [0, 0.05) is 12.7 Å². The molecule has 1 aromatic carbocycles. The summed E-state index contributed by atoms with van der Waals surface area (Å²) < 4.78 is 5.13. The summed E-state index contributed by atoms with van der Waals surface area (Å²) in [6.45, 7) is 6.55. The normalized spacial score (nSPS) is 10.0. The predicted molar refractivity (Wildman–Crippen MR) is 79.4 cm³/mol. The van der Waals surface area contributed by atoms with E-state index >= 15 is 0 Å². The Morgan fingerprint density at radius 3 is 2.63 bits per heavy atom. The Bertz CT molecular complexity index is 561. The molecule has 0 saturated heterocycles. The van der Waals surface area contributed by atoms with Gasteiger partial charge in [0.15, 0.2) is 0 Å². The molecule has 1 aromatic heterocycles. The zero-order valence-electron chi connectivity index (χ0n) is 11.3. The number of anilines is 1. The number of nitrogens with one attached hydrogen (secondary N) is 1. The Kier molecular flexibility index (Phi) is 4.18. The zero-order valence-corrected chi connectivity index (χ0v) is 11.3. The maximum atomic E-state index is 5.13. The summed E-state index contributed by atoms with van der Waals surface area (Å²) in [5, 5.41) is 3.30. The molecule has 1 heterocycles. The number of benzene rings is 1. The van der Waals surface area contributed by atoms with Gasteiger partial charge < -0.3 is 10.1 Å². The lowest BCUT2D eigenvalue weighted by Crippen LogP contribution is -2.02. The lowest BCUT2D eigenvalue weighted by atomic mass is 10.1. The van der Waals surface area contributed by atoms with E-state index in [1.807, 2.05) is 42.6 Å². The van der Waals surface area contributed by atoms with Crippen LogP contribution < -0.4 is 10.1 Å². The van der Waals surface area contributed by atoms with E-state index in [9.17, 15) is 0 Å². The Hall–Kier alpha value is -2.29. The number of aromatic nitrogens is 1. The average molecular weight is 254 g/mol. The molecule has 0 amide bonds. The third-order valence-electron chi connectivity index (χ3n) is 3.00. The Balaban J connectivity index is 2.01. The summed E-state index contributed by atoms with van der Waals surface area (Å²) in [7, 11) is 1.67. The largest absolute Gasteiger partial charge is 0.497 e. The fourth-order valence-electron chi connectivity index (χ4n) is 1.81. The van der Waals surface area contributed by atoms with Gasteiger partial charge in [-0.15, -0.1) is 0 Å². The van der Waals surface area contributed by atoms with Crippen LogP contribution in [-0.2, 0) is 6.54 Å². The van der Waals surface area contributed by atoms with E-state index in [1.54, 1.807) is 7.11 Å². The second kappa shape index (κ2) is 6.05. The molecule has 0 fully saturated rings. The molecule has 3 nitrogen and oxygen atoms in total. The molecule has 0 spiro atoms. The van der Waals surface area contributed by atoms with Crippen molar-refractivity contribution < 1.29 is 4.74 Å². The molecule has 0 saturated carbocycles. The number of aryl methyl sites for hydroxylation is 1. The number of hydrogen-bond donors (Lipinski definition) is 1. The first-order valence-electron chi connectivity index (χ1n) is 6.19. The first-order chi connectivity index (χ1) is 9.22. The minimum Gasteiger partial charge on any atom is -0.497 e. The topological polar surface area (TPSA) is 34.2 Å². The molecule has 0 bridgehead atoms. The van der Waals surface area contributed by atoms with Crippen LogP contribution in [0, 0.1) is 6.92 Å². The molecule has 0 aliphatic rings. The number of rotatable bonds is 5. The van der Waals surface area contributed by atoms with Crippen LogP contribution >= 0.6 is 0 Å². The van der Waals surface area contributed by atoms with Crippen LogP contribution in [0.1, 0.15) is 16.7 Å². The fourth-order valence-corrected chi connectivity index (χ4v) is 1.81. The van der Waals surface area contributed by atoms with Crippen molar-refractivity contribution in [2.75, 3.05) is 12.4 Å². The first-order valence-corrected chi connectivity index (χ1v) is 6.19. The minimum atomic E-state index is 0.740. The molecule has 19 heavy (non-hydrogen) atoms. The van der Waals surface area contributed by atoms with E-state index in [4.69, 9.17) is 4.74 Å². The van der Waals surface area contributed by atoms with Gasteiger partial charge in [-0.1, -0.05) is 24.8 Å². The van der Waals surface area contributed by atoms with Gasteiger partial charge in [-0.05, 0) is 41.8 Å². The van der Waals surface area contributed by atoms with Crippen LogP contribution in [0.5, 0.6) is 5.75 Å². The van der Waals surface area contributed by atoms with Crippen LogP contribution in [0.2, 0.25) is 0 Å². The highest BCUT2D eigenvalue weighted by Gasteiger charge is 1.99. The van der Waals surface area contributed by atoms with E-state index in [1.165, 1.54) is 11.1 Å². The summed E-state index contributed by atoms with van der Waals surface area (Å²) >= 11 is 0. The van der Waals surface area contributed by atoms with Crippen molar-refractivity contribution in [3.8, 4) is 5.75 Å². The monoisotopic (exact) mass is 254 g/mol. The molecular weight excluding hydrogens is 236 g/mol. The summed E-state index contributed by atoms with van der Waals surface area (Å²) in [5.41, 5.74) is 3.42.